The van der Waals surface area contributed by atoms with Gasteiger partial charge in [-0.05, 0) is 37.0 Å². The minimum atomic E-state index is -0.501. The summed E-state index contributed by atoms with van der Waals surface area (Å²) < 4.78 is 13.6. The first-order valence-corrected chi connectivity index (χ1v) is 6.87. The van der Waals surface area contributed by atoms with Crippen LogP contribution in [0.1, 0.15) is 24.0 Å². The molecule has 0 aromatic heterocycles. The van der Waals surface area contributed by atoms with Crippen LogP contribution in [0.2, 0.25) is 0 Å². The quantitative estimate of drug-likeness (QED) is 0.865. The SMILES string of the molecule is CN(CC(O)C1CC1)C(=O)NCc1cc(C#N)ccc1F. The molecule has 0 heterocycles. The Morgan fingerprint density at radius 1 is 1.62 bits per heavy atom. The van der Waals surface area contributed by atoms with Crippen LogP contribution >= 0.6 is 0 Å². The molecular formula is C15H18FN3O2. The highest BCUT2D eigenvalue weighted by Gasteiger charge is 2.31. The lowest BCUT2D eigenvalue weighted by atomic mass is 10.1. The molecule has 2 amide bonds. The lowest BCUT2D eigenvalue weighted by Gasteiger charge is -2.21. The number of urea groups is 1. The molecule has 0 saturated heterocycles. The molecule has 2 rings (SSSR count). The minimum Gasteiger partial charge on any atom is -0.391 e. The Morgan fingerprint density at radius 3 is 2.95 bits per heavy atom. The van der Waals surface area contributed by atoms with Crippen molar-refractivity contribution in [1.29, 1.82) is 5.26 Å². The summed E-state index contributed by atoms with van der Waals surface area (Å²) >= 11 is 0. The van der Waals surface area contributed by atoms with Crippen molar-refractivity contribution in [1.82, 2.24) is 10.2 Å². The maximum atomic E-state index is 13.6. The van der Waals surface area contributed by atoms with Gasteiger partial charge in [0.05, 0.1) is 17.7 Å². The Balaban J connectivity index is 1.87. The molecule has 21 heavy (non-hydrogen) atoms. The van der Waals surface area contributed by atoms with Gasteiger partial charge in [-0.1, -0.05) is 0 Å². The van der Waals surface area contributed by atoms with Gasteiger partial charge in [0.25, 0.3) is 0 Å². The number of rotatable bonds is 5. The molecular weight excluding hydrogens is 273 g/mol. The second-order valence-electron chi connectivity index (χ2n) is 5.36. The van der Waals surface area contributed by atoms with Gasteiger partial charge >= 0.3 is 6.03 Å². The van der Waals surface area contributed by atoms with Crippen molar-refractivity contribution in [2.75, 3.05) is 13.6 Å². The number of benzene rings is 1. The van der Waals surface area contributed by atoms with E-state index in [-0.39, 0.29) is 24.7 Å². The summed E-state index contributed by atoms with van der Waals surface area (Å²) in [6, 6.07) is 5.56. The van der Waals surface area contributed by atoms with Crippen molar-refractivity contribution in [3.63, 3.8) is 0 Å². The minimum absolute atomic E-state index is 0.00402. The lowest BCUT2D eigenvalue weighted by Crippen LogP contribution is -2.41. The fraction of sp³-hybridized carbons (Fsp3) is 0.467. The third kappa shape index (κ3) is 4.17. The van der Waals surface area contributed by atoms with Crippen LogP contribution in [0.5, 0.6) is 0 Å². The van der Waals surface area contributed by atoms with E-state index in [1.54, 1.807) is 7.05 Å². The van der Waals surface area contributed by atoms with Crippen molar-refractivity contribution in [2.45, 2.75) is 25.5 Å². The molecule has 1 aromatic carbocycles. The van der Waals surface area contributed by atoms with Gasteiger partial charge in [-0.3, -0.25) is 0 Å². The van der Waals surface area contributed by atoms with Gasteiger partial charge in [-0.25, -0.2) is 9.18 Å². The summed E-state index contributed by atoms with van der Waals surface area (Å²) in [6.45, 7) is 0.265. The van der Waals surface area contributed by atoms with Crippen LogP contribution in [0, 0.1) is 23.1 Å². The molecule has 0 aliphatic heterocycles. The molecule has 2 N–H and O–H groups in total. The Bertz CT molecular complexity index is 567. The van der Waals surface area contributed by atoms with Crippen LogP contribution in [0.4, 0.5) is 9.18 Å². The van der Waals surface area contributed by atoms with Crippen LogP contribution < -0.4 is 5.32 Å². The standard InChI is InChI=1S/C15H18FN3O2/c1-19(9-14(20)11-3-4-11)15(21)18-8-12-6-10(7-17)2-5-13(12)16/h2,5-6,11,14,20H,3-4,8-9H2,1H3,(H,18,21). The molecule has 1 aliphatic rings. The van der Waals surface area contributed by atoms with E-state index < -0.39 is 11.9 Å². The molecule has 1 unspecified atom stereocenters. The van der Waals surface area contributed by atoms with Gasteiger partial charge in [0.1, 0.15) is 5.82 Å². The number of nitrogens with zero attached hydrogens (tertiary/aromatic N) is 2. The van der Waals surface area contributed by atoms with Crippen LogP contribution in [0.25, 0.3) is 0 Å². The van der Waals surface area contributed by atoms with Crippen LogP contribution in [0.15, 0.2) is 18.2 Å². The van der Waals surface area contributed by atoms with Gasteiger partial charge in [0, 0.05) is 25.7 Å². The smallest absolute Gasteiger partial charge is 0.317 e. The molecule has 6 heteroatoms. The number of hydrogen-bond acceptors (Lipinski definition) is 3. The summed E-state index contributed by atoms with van der Waals surface area (Å²) in [4.78, 5) is 13.3. The number of likely N-dealkylation sites (N-methyl/N-ethyl adjacent to an activating group) is 1. The van der Waals surface area contributed by atoms with Gasteiger partial charge in [-0.2, -0.15) is 5.26 Å². The highest BCUT2D eigenvalue weighted by Crippen LogP contribution is 2.32. The maximum Gasteiger partial charge on any atom is 0.317 e. The van der Waals surface area contributed by atoms with Gasteiger partial charge in [-0.15, -0.1) is 0 Å². The predicted octanol–water partition coefficient (Wildman–Crippen LogP) is 1.61. The van der Waals surface area contributed by atoms with Gasteiger partial charge < -0.3 is 15.3 Å². The van der Waals surface area contributed by atoms with E-state index in [0.29, 0.717) is 11.5 Å². The molecule has 0 spiro atoms. The predicted molar refractivity (Wildman–Crippen MR) is 74.7 cm³/mol. The zero-order valence-corrected chi connectivity index (χ0v) is 11.8. The van der Waals surface area contributed by atoms with E-state index in [1.807, 2.05) is 6.07 Å². The number of aliphatic hydroxyl groups excluding tert-OH is 1. The lowest BCUT2D eigenvalue weighted by molar-refractivity contribution is 0.113. The first-order chi connectivity index (χ1) is 10.0. The Morgan fingerprint density at radius 2 is 2.33 bits per heavy atom. The van der Waals surface area contributed by atoms with Crippen molar-refractivity contribution in [3.05, 3.63) is 35.1 Å². The van der Waals surface area contributed by atoms with Gasteiger partial charge in [0.15, 0.2) is 0 Å². The fourth-order valence-electron chi connectivity index (χ4n) is 2.08. The molecule has 1 atom stereocenters. The summed E-state index contributed by atoms with van der Waals surface area (Å²) in [6.07, 6.45) is 1.50. The molecule has 1 aliphatic carbocycles. The maximum absolute atomic E-state index is 13.6. The van der Waals surface area contributed by atoms with Crippen LogP contribution in [0.3, 0.4) is 0 Å². The Labute approximate surface area is 123 Å². The third-order valence-corrected chi connectivity index (χ3v) is 3.58. The number of halogens is 1. The van der Waals surface area contributed by atoms with E-state index in [2.05, 4.69) is 5.32 Å². The van der Waals surface area contributed by atoms with E-state index in [0.717, 1.165) is 12.8 Å². The topological polar surface area (TPSA) is 76.4 Å². The fourth-order valence-corrected chi connectivity index (χ4v) is 2.08. The van der Waals surface area contributed by atoms with E-state index in [4.69, 9.17) is 5.26 Å². The average molecular weight is 291 g/mol. The molecule has 1 aromatic rings. The van der Waals surface area contributed by atoms with E-state index in [1.165, 1.54) is 23.1 Å². The second-order valence-corrected chi connectivity index (χ2v) is 5.36. The second kappa shape index (κ2) is 6.55. The number of nitrogens with one attached hydrogen (secondary N) is 1. The van der Waals surface area contributed by atoms with Crippen molar-refractivity contribution in [2.24, 2.45) is 5.92 Å². The first kappa shape index (κ1) is 15.3. The van der Waals surface area contributed by atoms with Gasteiger partial charge in [0.2, 0.25) is 0 Å². The molecule has 112 valence electrons. The van der Waals surface area contributed by atoms with Crippen LogP contribution in [-0.2, 0) is 6.54 Å². The molecule has 0 radical (unpaired) electrons. The van der Waals surface area contributed by atoms with Crippen molar-refractivity contribution >= 4 is 6.03 Å². The first-order valence-electron chi connectivity index (χ1n) is 6.87. The number of nitriles is 1. The van der Waals surface area contributed by atoms with Crippen LogP contribution in [-0.4, -0.2) is 35.7 Å². The summed E-state index contributed by atoms with van der Waals surface area (Å²) in [7, 11) is 1.59. The Hall–Kier alpha value is -2.13. The van der Waals surface area contributed by atoms with Crippen molar-refractivity contribution < 1.29 is 14.3 Å². The molecule has 1 saturated carbocycles. The number of amides is 2. The van der Waals surface area contributed by atoms with Crippen molar-refractivity contribution in [3.8, 4) is 6.07 Å². The largest absolute Gasteiger partial charge is 0.391 e. The number of aliphatic hydroxyl groups is 1. The van der Waals surface area contributed by atoms with E-state index >= 15 is 0 Å². The summed E-state index contributed by atoms with van der Waals surface area (Å²) in [5.41, 5.74) is 0.608. The monoisotopic (exact) mass is 291 g/mol. The Kier molecular flexibility index (Phi) is 4.76. The zero-order valence-electron chi connectivity index (χ0n) is 11.8. The van der Waals surface area contributed by atoms with E-state index in [9.17, 15) is 14.3 Å². The highest BCUT2D eigenvalue weighted by atomic mass is 19.1. The highest BCUT2D eigenvalue weighted by molar-refractivity contribution is 5.73. The average Bonchev–Trinajstić information content (AvgIpc) is 3.30. The molecule has 5 nitrogen and oxygen atoms in total. The number of carbonyl (C=O) groups excluding carboxylic acids is 1. The normalized spacial score (nSPS) is 15.1. The summed E-state index contributed by atoms with van der Waals surface area (Å²) in [5, 5.41) is 21.2. The molecule has 1 fully saturated rings. The number of hydrogen-bond donors (Lipinski definition) is 2. The molecule has 0 bridgehead atoms. The zero-order chi connectivity index (χ0) is 15.4. The third-order valence-electron chi connectivity index (χ3n) is 3.58. The summed E-state index contributed by atoms with van der Waals surface area (Å²) in [5.74, 6) is -0.167. The number of carbonyl (C=O) groups is 1.